The molecule has 0 unspecified atom stereocenters. The van der Waals surface area contributed by atoms with E-state index in [0.717, 1.165) is 32.0 Å². The van der Waals surface area contributed by atoms with E-state index in [1.165, 1.54) is 8.66 Å². The number of halogens is 2. The van der Waals surface area contributed by atoms with Crippen molar-refractivity contribution in [3.05, 3.63) is 20.8 Å². The molecule has 90 valence electrons. The first-order valence-electron chi connectivity index (χ1n) is 4.99. The van der Waals surface area contributed by atoms with Gasteiger partial charge >= 0.3 is 0 Å². The number of nitrogens with zero attached hydrogens (tertiary/aromatic N) is 2. The van der Waals surface area contributed by atoms with E-state index < -0.39 is 0 Å². The van der Waals surface area contributed by atoms with Crippen LogP contribution in [0, 0.1) is 0 Å². The van der Waals surface area contributed by atoms with E-state index in [4.69, 9.17) is 0 Å². The molecule has 1 aromatic rings. The number of aliphatic imine (C=N–C) groups is 1. The average Bonchev–Trinajstić information content (AvgIpc) is 2.77. The predicted octanol–water partition coefficient (Wildman–Crippen LogP) is 2.56. The lowest BCUT2D eigenvalue weighted by molar-refractivity contribution is 0.534. The number of guanidine groups is 1. The summed E-state index contributed by atoms with van der Waals surface area (Å²) >= 11 is 5.26. The van der Waals surface area contributed by atoms with Crippen molar-refractivity contribution in [3.8, 4) is 0 Å². The number of likely N-dealkylation sites (N-methyl/N-ethyl adjacent to an activating group) is 1. The van der Waals surface area contributed by atoms with Gasteiger partial charge in [0.15, 0.2) is 5.96 Å². The molecule has 6 heteroatoms. The van der Waals surface area contributed by atoms with Crippen LogP contribution in [0.1, 0.15) is 4.88 Å². The molecule has 2 heterocycles. The fourth-order valence-corrected chi connectivity index (χ4v) is 2.99. The molecule has 16 heavy (non-hydrogen) atoms. The molecule has 1 aromatic heterocycles. The van der Waals surface area contributed by atoms with Gasteiger partial charge in [0.2, 0.25) is 0 Å². The Morgan fingerprint density at radius 2 is 2.38 bits per heavy atom. The lowest BCUT2D eigenvalue weighted by Gasteiger charge is -2.14. The zero-order valence-corrected chi connectivity index (χ0v) is 13.8. The number of thiophene rings is 1. The van der Waals surface area contributed by atoms with E-state index in [1.807, 2.05) is 0 Å². The summed E-state index contributed by atoms with van der Waals surface area (Å²) < 4.78 is 1.20. The minimum Gasteiger partial charge on any atom is -0.356 e. The van der Waals surface area contributed by atoms with Crippen LogP contribution in [0.15, 0.2) is 20.9 Å². The first-order chi connectivity index (χ1) is 7.25. The molecule has 0 amide bonds. The second-order valence-corrected chi connectivity index (χ2v) is 6.06. The summed E-state index contributed by atoms with van der Waals surface area (Å²) in [4.78, 5) is 7.93. The van der Waals surface area contributed by atoms with Gasteiger partial charge in [-0.2, -0.15) is 0 Å². The molecule has 0 fully saturated rings. The van der Waals surface area contributed by atoms with Gasteiger partial charge in [-0.15, -0.1) is 35.3 Å². The van der Waals surface area contributed by atoms with Crippen molar-refractivity contribution in [3.63, 3.8) is 0 Å². The van der Waals surface area contributed by atoms with Crippen molar-refractivity contribution in [2.24, 2.45) is 4.99 Å². The van der Waals surface area contributed by atoms with Crippen molar-refractivity contribution >= 4 is 57.2 Å². The SMILES string of the molecule is CN1CCN=C1NCCc1ccc(Br)s1.I. The molecule has 3 nitrogen and oxygen atoms in total. The molecule has 2 rings (SSSR count). The van der Waals surface area contributed by atoms with Crippen molar-refractivity contribution in [2.75, 3.05) is 26.7 Å². The van der Waals surface area contributed by atoms with Crippen LogP contribution >= 0.6 is 51.2 Å². The summed E-state index contributed by atoms with van der Waals surface area (Å²) in [5.74, 6) is 1.03. The largest absolute Gasteiger partial charge is 0.356 e. The normalized spacial score (nSPS) is 14.6. The Morgan fingerprint density at radius 3 is 2.94 bits per heavy atom. The van der Waals surface area contributed by atoms with Gasteiger partial charge in [-0.1, -0.05) is 0 Å². The Labute approximate surface area is 125 Å². The summed E-state index contributed by atoms with van der Waals surface area (Å²) in [5, 5.41) is 3.36. The van der Waals surface area contributed by atoms with Crippen LogP contribution in [0.5, 0.6) is 0 Å². The highest BCUT2D eigenvalue weighted by molar-refractivity contribution is 14.0. The molecular weight excluding hydrogens is 401 g/mol. The number of hydrogen-bond donors (Lipinski definition) is 1. The minimum absolute atomic E-state index is 0. The minimum atomic E-state index is 0. The van der Waals surface area contributed by atoms with Gasteiger partial charge in [-0.05, 0) is 34.5 Å². The molecule has 0 saturated carbocycles. The number of rotatable bonds is 3. The van der Waals surface area contributed by atoms with E-state index in [-0.39, 0.29) is 24.0 Å². The van der Waals surface area contributed by atoms with Crippen LogP contribution in [0.3, 0.4) is 0 Å². The fraction of sp³-hybridized carbons (Fsp3) is 0.500. The predicted molar refractivity (Wildman–Crippen MR) is 84.1 cm³/mol. The van der Waals surface area contributed by atoms with Gasteiger partial charge in [-0.3, -0.25) is 4.99 Å². The highest BCUT2D eigenvalue weighted by Crippen LogP contribution is 2.22. The van der Waals surface area contributed by atoms with Crippen LogP contribution < -0.4 is 5.32 Å². The van der Waals surface area contributed by atoms with E-state index in [9.17, 15) is 0 Å². The first-order valence-corrected chi connectivity index (χ1v) is 6.60. The van der Waals surface area contributed by atoms with Crippen molar-refractivity contribution in [1.82, 2.24) is 10.2 Å². The molecule has 0 bridgehead atoms. The highest BCUT2D eigenvalue weighted by atomic mass is 127. The summed E-state index contributed by atoms with van der Waals surface area (Å²) in [5.41, 5.74) is 0. The highest BCUT2D eigenvalue weighted by Gasteiger charge is 2.10. The summed E-state index contributed by atoms with van der Waals surface area (Å²) in [7, 11) is 2.07. The molecule has 0 aliphatic carbocycles. The number of hydrogen-bond acceptors (Lipinski definition) is 4. The topological polar surface area (TPSA) is 27.6 Å². The third-order valence-corrected chi connectivity index (χ3v) is 4.03. The van der Waals surface area contributed by atoms with Gasteiger partial charge < -0.3 is 10.2 Å². The smallest absolute Gasteiger partial charge is 0.193 e. The molecular formula is C10H15BrIN3S. The maximum atomic E-state index is 4.38. The van der Waals surface area contributed by atoms with Crippen LogP contribution in [0.4, 0.5) is 0 Å². The first kappa shape index (κ1) is 14.2. The van der Waals surface area contributed by atoms with Gasteiger partial charge in [0.25, 0.3) is 0 Å². The Bertz CT molecular complexity index is 367. The molecule has 1 N–H and O–H groups in total. The Kier molecular flexibility index (Phi) is 6.06. The zero-order valence-electron chi connectivity index (χ0n) is 9.07. The van der Waals surface area contributed by atoms with Crippen molar-refractivity contribution < 1.29 is 0 Å². The number of nitrogens with one attached hydrogen (secondary N) is 1. The maximum Gasteiger partial charge on any atom is 0.193 e. The molecule has 0 radical (unpaired) electrons. The lowest BCUT2D eigenvalue weighted by atomic mass is 10.3. The Morgan fingerprint density at radius 1 is 1.56 bits per heavy atom. The summed E-state index contributed by atoms with van der Waals surface area (Å²) in [6.07, 6.45) is 1.06. The summed E-state index contributed by atoms with van der Waals surface area (Å²) in [6, 6.07) is 4.26. The average molecular weight is 416 g/mol. The van der Waals surface area contributed by atoms with Gasteiger partial charge in [-0.25, -0.2) is 0 Å². The van der Waals surface area contributed by atoms with Gasteiger partial charge in [0.05, 0.1) is 10.3 Å². The Balaban J connectivity index is 0.00000128. The lowest BCUT2D eigenvalue weighted by Crippen LogP contribution is -2.36. The maximum absolute atomic E-state index is 4.38. The molecule has 0 atom stereocenters. The van der Waals surface area contributed by atoms with Crippen LogP contribution in [-0.2, 0) is 6.42 Å². The third kappa shape index (κ3) is 3.89. The standard InChI is InChI=1S/C10H14BrN3S.HI/c1-14-7-6-13-10(14)12-5-4-8-2-3-9(11)15-8;/h2-3H,4-7H2,1H3,(H,12,13);1H. The zero-order chi connectivity index (χ0) is 10.7. The van der Waals surface area contributed by atoms with E-state index in [2.05, 4.69) is 50.3 Å². The molecule has 1 aliphatic heterocycles. The van der Waals surface area contributed by atoms with Crippen LogP contribution in [0.25, 0.3) is 0 Å². The van der Waals surface area contributed by atoms with Crippen molar-refractivity contribution in [2.45, 2.75) is 6.42 Å². The second kappa shape index (κ2) is 6.80. The third-order valence-electron chi connectivity index (χ3n) is 2.34. The molecule has 0 aromatic carbocycles. The van der Waals surface area contributed by atoms with Crippen LogP contribution in [-0.4, -0.2) is 37.5 Å². The van der Waals surface area contributed by atoms with E-state index in [0.29, 0.717) is 0 Å². The quantitative estimate of drug-likeness (QED) is 0.768. The summed E-state index contributed by atoms with van der Waals surface area (Å²) in [6.45, 7) is 2.91. The molecule has 0 saturated heterocycles. The van der Waals surface area contributed by atoms with Crippen molar-refractivity contribution in [1.29, 1.82) is 0 Å². The molecule has 1 aliphatic rings. The van der Waals surface area contributed by atoms with Gasteiger partial charge in [0.1, 0.15) is 0 Å². The fourth-order valence-electron chi connectivity index (χ4n) is 1.51. The monoisotopic (exact) mass is 415 g/mol. The van der Waals surface area contributed by atoms with E-state index in [1.54, 1.807) is 11.3 Å². The second-order valence-electron chi connectivity index (χ2n) is 3.51. The van der Waals surface area contributed by atoms with Crippen LogP contribution in [0.2, 0.25) is 0 Å². The van der Waals surface area contributed by atoms with E-state index >= 15 is 0 Å². The molecule has 0 spiro atoms. The Hall–Kier alpha value is 0.180. The van der Waals surface area contributed by atoms with Gasteiger partial charge in [0, 0.05) is 25.0 Å².